The Morgan fingerprint density at radius 1 is 1.24 bits per heavy atom. The number of hydrogen-bond donors (Lipinski definition) is 1. The second kappa shape index (κ2) is 6.01. The van der Waals surface area contributed by atoms with E-state index in [1.807, 2.05) is 0 Å². The van der Waals surface area contributed by atoms with Crippen LogP contribution in [-0.2, 0) is 12.8 Å². The largest absolute Gasteiger partial charge is 0.370 e. The smallest absolute Gasteiger partial charge is 0.126 e. The molecular weight excluding hydrogens is 210 g/mol. The van der Waals surface area contributed by atoms with Gasteiger partial charge in [-0.25, -0.2) is 4.98 Å². The molecule has 0 spiro atoms. The average Bonchev–Trinajstić information content (AvgIpc) is 2.75. The van der Waals surface area contributed by atoms with Gasteiger partial charge in [0.15, 0.2) is 0 Å². The molecule has 3 heteroatoms. The van der Waals surface area contributed by atoms with E-state index in [0.717, 1.165) is 18.8 Å². The highest BCUT2D eigenvalue weighted by Gasteiger charge is 2.11. The van der Waals surface area contributed by atoms with Crippen LogP contribution in [0, 0.1) is 0 Å². The molecule has 3 nitrogen and oxygen atoms in total. The third-order valence-corrected chi connectivity index (χ3v) is 3.27. The van der Waals surface area contributed by atoms with E-state index >= 15 is 0 Å². The van der Waals surface area contributed by atoms with Gasteiger partial charge in [0.05, 0.1) is 0 Å². The summed E-state index contributed by atoms with van der Waals surface area (Å²) >= 11 is 0. The van der Waals surface area contributed by atoms with Crippen LogP contribution < -0.4 is 5.32 Å². The van der Waals surface area contributed by atoms with E-state index < -0.39 is 0 Å². The number of nitrogens with one attached hydrogen (secondary N) is 1. The number of nitrogens with zero attached hydrogens (tertiary/aromatic N) is 2. The van der Waals surface area contributed by atoms with E-state index in [2.05, 4.69) is 41.4 Å². The fourth-order valence-electron chi connectivity index (χ4n) is 2.29. The zero-order chi connectivity index (χ0) is 12.1. The molecule has 0 aliphatic heterocycles. The average molecular weight is 233 g/mol. The van der Waals surface area contributed by atoms with Gasteiger partial charge in [0, 0.05) is 12.2 Å². The van der Waals surface area contributed by atoms with Crippen molar-refractivity contribution in [3.05, 3.63) is 23.4 Å². The summed E-state index contributed by atoms with van der Waals surface area (Å²) in [4.78, 5) is 6.89. The van der Waals surface area contributed by atoms with Crippen LogP contribution in [0.25, 0.3) is 0 Å². The molecule has 1 heterocycles. The molecule has 0 saturated heterocycles. The number of aromatic nitrogens is 1. The molecule has 0 fully saturated rings. The highest BCUT2D eigenvalue weighted by Crippen LogP contribution is 2.21. The number of pyridine rings is 1. The van der Waals surface area contributed by atoms with Crippen molar-refractivity contribution in [2.24, 2.45) is 0 Å². The monoisotopic (exact) mass is 233 g/mol. The first kappa shape index (κ1) is 12.4. The lowest BCUT2D eigenvalue weighted by molar-refractivity contribution is 0.396. The quantitative estimate of drug-likeness (QED) is 0.764. The third-order valence-electron chi connectivity index (χ3n) is 3.27. The molecule has 1 aliphatic rings. The van der Waals surface area contributed by atoms with E-state index in [4.69, 9.17) is 0 Å². The van der Waals surface area contributed by atoms with Gasteiger partial charge in [-0.05, 0) is 64.4 Å². The van der Waals surface area contributed by atoms with Gasteiger partial charge >= 0.3 is 0 Å². The molecule has 0 unspecified atom stereocenters. The first-order chi connectivity index (χ1) is 8.25. The summed E-state index contributed by atoms with van der Waals surface area (Å²) in [7, 11) is 4.24. The molecular formula is C14H23N3. The molecule has 0 atom stereocenters. The van der Waals surface area contributed by atoms with E-state index in [9.17, 15) is 0 Å². The summed E-state index contributed by atoms with van der Waals surface area (Å²) in [6, 6.07) is 4.35. The Bertz CT molecular complexity index is 360. The molecule has 0 bridgehead atoms. The standard InChI is InChI=1S/C14H23N3/c1-17(2)11-4-3-10-15-14-9-8-12-6-5-7-13(12)16-14/h8-9H,3-7,10-11H2,1-2H3,(H,15,16). The maximum atomic E-state index is 4.66. The Labute approximate surface area is 104 Å². The summed E-state index contributed by atoms with van der Waals surface area (Å²) in [6.07, 6.45) is 6.09. The fraction of sp³-hybridized carbons (Fsp3) is 0.643. The van der Waals surface area contributed by atoms with Crippen molar-refractivity contribution in [2.75, 3.05) is 32.5 Å². The number of unbranched alkanes of at least 4 members (excludes halogenated alkanes) is 1. The minimum absolute atomic E-state index is 1.03. The number of hydrogen-bond acceptors (Lipinski definition) is 3. The second-order valence-corrected chi connectivity index (χ2v) is 5.09. The maximum Gasteiger partial charge on any atom is 0.126 e. The Hall–Kier alpha value is -1.09. The fourth-order valence-corrected chi connectivity index (χ4v) is 2.29. The molecule has 1 N–H and O–H groups in total. The Morgan fingerprint density at radius 3 is 2.94 bits per heavy atom. The first-order valence-corrected chi connectivity index (χ1v) is 6.63. The molecule has 1 aromatic rings. The van der Waals surface area contributed by atoms with Gasteiger partial charge in [0.2, 0.25) is 0 Å². The van der Waals surface area contributed by atoms with Gasteiger partial charge in [-0.3, -0.25) is 0 Å². The van der Waals surface area contributed by atoms with Crippen LogP contribution in [-0.4, -0.2) is 37.1 Å². The molecule has 0 aromatic carbocycles. The lowest BCUT2D eigenvalue weighted by Crippen LogP contribution is -2.14. The van der Waals surface area contributed by atoms with E-state index in [0.29, 0.717) is 0 Å². The van der Waals surface area contributed by atoms with Crippen molar-refractivity contribution in [1.82, 2.24) is 9.88 Å². The number of aryl methyl sites for hydroxylation is 2. The van der Waals surface area contributed by atoms with Crippen LogP contribution in [0.4, 0.5) is 5.82 Å². The van der Waals surface area contributed by atoms with Gasteiger partial charge in [-0.15, -0.1) is 0 Å². The summed E-state index contributed by atoms with van der Waals surface area (Å²) < 4.78 is 0. The Balaban J connectivity index is 1.72. The first-order valence-electron chi connectivity index (χ1n) is 6.63. The highest BCUT2D eigenvalue weighted by molar-refractivity contribution is 5.40. The maximum absolute atomic E-state index is 4.66. The summed E-state index contributed by atoms with van der Waals surface area (Å²) in [5.41, 5.74) is 2.76. The van der Waals surface area contributed by atoms with Gasteiger partial charge in [-0.2, -0.15) is 0 Å². The lowest BCUT2D eigenvalue weighted by atomic mass is 10.2. The van der Waals surface area contributed by atoms with Gasteiger partial charge in [-0.1, -0.05) is 6.07 Å². The Kier molecular flexibility index (Phi) is 4.37. The van der Waals surface area contributed by atoms with Crippen molar-refractivity contribution in [2.45, 2.75) is 32.1 Å². The van der Waals surface area contributed by atoms with Crippen molar-refractivity contribution in [1.29, 1.82) is 0 Å². The predicted octanol–water partition coefficient (Wildman–Crippen LogP) is 2.32. The van der Waals surface area contributed by atoms with Crippen LogP contribution in [0.1, 0.15) is 30.5 Å². The molecule has 0 radical (unpaired) electrons. The van der Waals surface area contributed by atoms with Crippen molar-refractivity contribution in [3.8, 4) is 0 Å². The van der Waals surface area contributed by atoms with Crippen molar-refractivity contribution >= 4 is 5.82 Å². The Morgan fingerprint density at radius 2 is 2.12 bits per heavy atom. The minimum atomic E-state index is 1.03. The number of rotatable bonds is 6. The van der Waals surface area contributed by atoms with Gasteiger partial charge in [0.25, 0.3) is 0 Å². The van der Waals surface area contributed by atoms with Crippen LogP contribution in [0.2, 0.25) is 0 Å². The van der Waals surface area contributed by atoms with E-state index in [1.165, 1.54) is 43.5 Å². The summed E-state index contributed by atoms with van der Waals surface area (Å²) in [5.74, 6) is 1.05. The molecule has 17 heavy (non-hydrogen) atoms. The van der Waals surface area contributed by atoms with Crippen LogP contribution in [0.5, 0.6) is 0 Å². The number of fused-ring (bicyclic) bond motifs is 1. The molecule has 0 saturated carbocycles. The third kappa shape index (κ3) is 3.70. The highest BCUT2D eigenvalue weighted by atomic mass is 15.0. The molecule has 94 valence electrons. The van der Waals surface area contributed by atoms with Gasteiger partial charge in [0.1, 0.15) is 5.82 Å². The lowest BCUT2D eigenvalue weighted by Gasteiger charge is -2.10. The van der Waals surface area contributed by atoms with Gasteiger partial charge < -0.3 is 10.2 Å². The second-order valence-electron chi connectivity index (χ2n) is 5.09. The molecule has 1 aromatic heterocycles. The van der Waals surface area contributed by atoms with Crippen molar-refractivity contribution in [3.63, 3.8) is 0 Å². The topological polar surface area (TPSA) is 28.2 Å². The predicted molar refractivity (Wildman–Crippen MR) is 72.5 cm³/mol. The normalized spacial score (nSPS) is 14.1. The molecule has 0 amide bonds. The number of anilines is 1. The van der Waals surface area contributed by atoms with E-state index in [1.54, 1.807) is 0 Å². The summed E-state index contributed by atoms with van der Waals surface area (Å²) in [6.45, 7) is 2.19. The van der Waals surface area contributed by atoms with Crippen LogP contribution in [0.3, 0.4) is 0 Å². The summed E-state index contributed by atoms with van der Waals surface area (Å²) in [5, 5.41) is 3.42. The van der Waals surface area contributed by atoms with Crippen LogP contribution in [0.15, 0.2) is 12.1 Å². The zero-order valence-corrected chi connectivity index (χ0v) is 11.0. The van der Waals surface area contributed by atoms with E-state index in [-0.39, 0.29) is 0 Å². The molecule has 2 rings (SSSR count). The zero-order valence-electron chi connectivity index (χ0n) is 11.0. The molecule has 1 aliphatic carbocycles. The SMILES string of the molecule is CN(C)CCCCNc1ccc2c(n1)CCC2. The van der Waals surface area contributed by atoms with Crippen molar-refractivity contribution < 1.29 is 0 Å². The minimum Gasteiger partial charge on any atom is -0.370 e. The van der Waals surface area contributed by atoms with Crippen LogP contribution >= 0.6 is 0 Å².